The summed E-state index contributed by atoms with van der Waals surface area (Å²) >= 11 is 0. The summed E-state index contributed by atoms with van der Waals surface area (Å²) in [7, 11) is 0. The third kappa shape index (κ3) is 3.71. The predicted octanol–water partition coefficient (Wildman–Crippen LogP) is 3.40. The van der Waals surface area contributed by atoms with Crippen LogP contribution in [0.2, 0.25) is 0 Å². The highest BCUT2D eigenvalue weighted by Gasteiger charge is 2.04. The zero-order chi connectivity index (χ0) is 13.5. The Labute approximate surface area is 114 Å². The highest BCUT2D eigenvalue weighted by molar-refractivity contribution is 5.94. The molecule has 0 aliphatic rings. The van der Waals surface area contributed by atoms with E-state index in [1.807, 2.05) is 53.4 Å². The Morgan fingerprint density at radius 2 is 1.79 bits per heavy atom. The Kier molecular flexibility index (Phi) is 4.78. The van der Waals surface area contributed by atoms with Crippen molar-refractivity contribution >= 4 is 5.91 Å². The van der Waals surface area contributed by atoms with Crippen molar-refractivity contribution in [1.29, 1.82) is 0 Å². The van der Waals surface area contributed by atoms with Gasteiger partial charge in [-0.25, -0.2) is 0 Å². The number of benzene rings is 1. The molecular weight excluding hydrogens is 236 g/mol. The number of amides is 1. The monoisotopic (exact) mass is 256 g/mol. The van der Waals surface area contributed by atoms with Crippen molar-refractivity contribution in [2.24, 2.45) is 0 Å². The maximum absolute atomic E-state index is 11.9. The lowest BCUT2D eigenvalue weighted by Crippen LogP contribution is -2.24. The van der Waals surface area contributed by atoms with Crippen molar-refractivity contribution in [2.45, 2.75) is 26.2 Å². The molecule has 0 spiro atoms. The first kappa shape index (κ1) is 13.4. The second kappa shape index (κ2) is 6.78. The van der Waals surface area contributed by atoms with E-state index in [-0.39, 0.29) is 5.91 Å². The second-order valence-electron chi connectivity index (χ2n) is 4.60. The molecule has 1 N–H and O–H groups in total. The minimum atomic E-state index is 0.00941. The lowest BCUT2D eigenvalue weighted by Gasteiger charge is -2.06. The molecule has 0 aliphatic carbocycles. The predicted molar refractivity (Wildman–Crippen MR) is 77.6 cm³/mol. The third-order valence-corrected chi connectivity index (χ3v) is 3.10. The van der Waals surface area contributed by atoms with Gasteiger partial charge in [0.05, 0.1) is 0 Å². The highest BCUT2D eigenvalue weighted by atomic mass is 16.1. The Morgan fingerprint density at radius 3 is 2.42 bits per heavy atom. The third-order valence-electron chi connectivity index (χ3n) is 3.10. The van der Waals surface area contributed by atoms with E-state index in [4.69, 9.17) is 0 Å². The molecule has 0 atom stereocenters. The van der Waals surface area contributed by atoms with E-state index in [2.05, 4.69) is 12.2 Å². The van der Waals surface area contributed by atoms with Crippen LogP contribution in [-0.2, 0) is 0 Å². The summed E-state index contributed by atoms with van der Waals surface area (Å²) in [4.78, 5) is 11.9. The molecule has 0 aliphatic heterocycles. The van der Waals surface area contributed by atoms with Gasteiger partial charge in [0.25, 0.3) is 5.91 Å². The van der Waals surface area contributed by atoms with Gasteiger partial charge in [-0.15, -0.1) is 0 Å². The molecule has 0 saturated carbocycles. The van der Waals surface area contributed by atoms with Crippen LogP contribution in [0.25, 0.3) is 5.69 Å². The van der Waals surface area contributed by atoms with Crippen LogP contribution in [0.4, 0.5) is 0 Å². The molecule has 0 radical (unpaired) electrons. The molecule has 19 heavy (non-hydrogen) atoms. The van der Waals surface area contributed by atoms with Gasteiger partial charge in [0.1, 0.15) is 0 Å². The maximum Gasteiger partial charge on any atom is 0.251 e. The van der Waals surface area contributed by atoms with E-state index in [0.717, 1.165) is 25.1 Å². The molecule has 3 heteroatoms. The summed E-state index contributed by atoms with van der Waals surface area (Å²) in [6.45, 7) is 2.91. The number of rotatable bonds is 6. The first-order valence-corrected chi connectivity index (χ1v) is 6.83. The minimum absolute atomic E-state index is 0.00941. The fourth-order valence-electron chi connectivity index (χ4n) is 1.97. The van der Waals surface area contributed by atoms with Crippen LogP contribution in [0.15, 0.2) is 48.8 Å². The number of hydrogen-bond donors (Lipinski definition) is 1. The van der Waals surface area contributed by atoms with Crippen molar-refractivity contribution < 1.29 is 4.79 Å². The molecule has 0 saturated heterocycles. The van der Waals surface area contributed by atoms with E-state index >= 15 is 0 Å². The smallest absolute Gasteiger partial charge is 0.251 e. The van der Waals surface area contributed by atoms with Crippen molar-refractivity contribution in [1.82, 2.24) is 9.88 Å². The Balaban J connectivity index is 1.93. The summed E-state index contributed by atoms with van der Waals surface area (Å²) in [6.07, 6.45) is 7.34. The fourth-order valence-corrected chi connectivity index (χ4v) is 1.97. The van der Waals surface area contributed by atoms with Gasteiger partial charge in [-0.2, -0.15) is 0 Å². The second-order valence-corrected chi connectivity index (χ2v) is 4.60. The van der Waals surface area contributed by atoms with Gasteiger partial charge in [-0.05, 0) is 42.8 Å². The van der Waals surface area contributed by atoms with Crippen LogP contribution in [0, 0.1) is 0 Å². The normalized spacial score (nSPS) is 10.4. The van der Waals surface area contributed by atoms with Crippen molar-refractivity contribution in [2.75, 3.05) is 6.54 Å². The van der Waals surface area contributed by atoms with E-state index in [0.29, 0.717) is 5.56 Å². The summed E-state index contributed by atoms with van der Waals surface area (Å²) < 4.78 is 2.02. The van der Waals surface area contributed by atoms with Crippen LogP contribution in [0.3, 0.4) is 0 Å². The zero-order valence-electron chi connectivity index (χ0n) is 11.3. The summed E-state index contributed by atoms with van der Waals surface area (Å²) in [5.74, 6) is 0.00941. The Morgan fingerprint density at radius 1 is 1.11 bits per heavy atom. The van der Waals surface area contributed by atoms with Gasteiger partial charge in [-0.1, -0.05) is 19.8 Å². The number of carbonyl (C=O) groups excluding carboxylic acids is 1. The zero-order valence-corrected chi connectivity index (χ0v) is 11.3. The molecule has 100 valence electrons. The molecule has 0 unspecified atom stereocenters. The largest absolute Gasteiger partial charge is 0.352 e. The van der Waals surface area contributed by atoms with E-state index in [1.54, 1.807) is 0 Å². The average Bonchev–Trinajstić information content (AvgIpc) is 2.98. The number of unbranched alkanes of at least 4 members (excludes halogenated alkanes) is 2. The average molecular weight is 256 g/mol. The summed E-state index contributed by atoms with van der Waals surface area (Å²) in [5.41, 5.74) is 1.78. The molecule has 3 nitrogen and oxygen atoms in total. The number of hydrogen-bond acceptors (Lipinski definition) is 1. The number of carbonyl (C=O) groups is 1. The first-order chi connectivity index (χ1) is 9.31. The van der Waals surface area contributed by atoms with Gasteiger partial charge in [0.15, 0.2) is 0 Å². The van der Waals surface area contributed by atoms with E-state index in [9.17, 15) is 4.79 Å². The number of nitrogens with zero attached hydrogens (tertiary/aromatic N) is 1. The van der Waals surface area contributed by atoms with Crippen LogP contribution in [0.5, 0.6) is 0 Å². The lowest BCUT2D eigenvalue weighted by molar-refractivity contribution is 0.0953. The maximum atomic E-state index is 11.9. The number of aromatic nitrogens is 1. The molecule has 1 aromatic heterocycles. The summed E-state index contributed by atoms with van der Waals surface area (Å²) in [6, 6.07) is 11.6. The minimum Gasteiger partial charge on any atom is -0.352 e. The van der Waals surface area contributed by atoms with Gasteiger partial charge in [0.2, 0.25) is 0 Å². The van der Waals surface area contributed by atoms with Crippen LogP contribution >= 0.6 is 0 Å². The van der Waals surface area contributed by atoms with Crippen molar-refractivity contribution in [3.8, 4) is 5.69 Å². The summed E-state index contributed by atoms with van der Waals surface area (Å²) in [5, 5.41) is 2.94. The van der Waals surface area contributed by atoms with Gasteiger partial charge < -0.3 is 9.88 Å². The van der Waals surface area contributed by atoms with Crippen LogP contribution in [-0.4, -0.2) is 17.0 Å². The molecule has 0 bridgehead atoms. The molecule has 1 heterocycles. The van der Waals surface area contributed by atoms with Gasteiger partial charge >= 0.3 is 0 Å². The topological polar surface area (TPSA) is 34.0 Å². The SMILES string of the molecule is CCCCCNC(=O)c1ccc(-n2cccc2)cc1. The Bertz CT molecular complexity index is 500. The highest BCUT2D eigenvalue weighted by Crippen LogP contribution is 2.10. The van der Waals surface area contributed by atoms with E-state index in [1.165, 1.54) is 6.42 Å². The van der Waals surface area contributed by atoms with Gasteiger partial charge in [-0.3, -0.25) is 4.79 Å². The lowest BCUT2D eigenvalue weighted by atomic mass is 10.2. The molecule has 2 rings (SSSR count). The molecule has 1 aromatic carbocycles. The van der Waals surface area contributed by atoms with Crippen LogP contribution < -0.4 is 5.32 Å². The molecule has 0 fully saturated rings. The Hall–Kier alpha value is -2.03. The fraction of sp³-hybridized carbons (Fsp3) is 0.312. The van der Waals surface area contributed by atoms with Gasteiger partial charge in [0, 0.05) is 30.2 Å². The number of nitrogens with one attached hydrogen (secondary N) is 1. The quantitative estimate of drug-likeness (QED) is 0.790. The molecule has 1 amide bonds. The van der Waals surface area contributed by atoms with Crippen molar-refractivity contribution in [3.63, 3.8) is 0 Å². The molecular formula is C16H20N2O. The van der Waals surface area contributed by atoms with E-state index < -0.39 is 0 Å². The van der Waals surface area contributed by atoms with Crippen molar-refractivity contribution in [3.05, 3.63) is 54.4 Å². The standard InChI is InChI=1S/C16H20N2O/c1-2-3-4-11-17-16(19)14-7-9-15(10-8-14)18-12-5-6-13-18/h5-10,12-13H,2-4,11H2,1H3,(H,17,19). The van der Waals surface area contributed by atoms with Crippen LogP contribution in [0.1, 0.15) is 36.5 Å². The first-order valence-electron chi connectivity index (χ1n) is 6.83. The molecule has 2 aromatic rings.